The van der Waals surface area contributed by atoms with Crippen LogP contribution in [-0.4, -0.2) is 50.5 Å². The molecule has 0 N–H and O–H groups in total. The van der Waals surface area contributed by atoms with Gasteiger partial charge in [-0.3, -0.25) is 9.59 Å². The Morgan fingerprint density at radius 1 is 1.00 bits per heavy atom. The monoisotopic (exact) mass is 448 g/mol. The highest BCUT2D eigenvalue weighted by Crippen LogP contribution is 2.32. The fourth-order valence-electron chi connectivity index (χ4n) is 4.25. The fraction of sp³-hybridized carbons (Fsp3) is 0.364. The first kappa shape index (κ1) is 21.4. The first-order valence-electron chi connectivity index (χ1n) is 10.1. The Morgan fingerprint density at radius 2 is 1.71 bits per heavy atom. The molecule has 2 aromatic carbocycles. The molecule has 2 atom stereocenters. The van der Waals surface area contributed by atoms with Crippen LogP contribution in [0.3, 0.4) is 0 Å². The van der Waals surface area contributed by atoms with Crippen LogP contribution >= 0.6 is 0 Å². The molecule has 2 aliphatic rings. The van der Waals surface area contributed by atoms with E-state index in [-0.39, 0.29) is 55.6 Å². The van der Waals surface area contributed by atoms with Gasteiger partial charge in [0.1, 0.15) is 11.6 Å². The van der Waals surface area contributed by atoms with Crippen molar-refractivity contribution in [3.05, 3.63) is 65.7 Å². The van der Waals surface area contributed by atoms with E-state index in [1.807, 2.05) is 0 Å². The molecule has 0 radical (unpaired) electrons. The molecule has 2 fully saturated rings. The van der Waals surface area contributed by atoms with E-state index in [1.54, 1.807) is 6.07 Å². The van der Waals surface area contributed by atoms with Gasteiger partial charge in [0.05, 0.1) is 16.9 Å². The summed E-state index contributed by atoms with van der Waals surface area (Å²) in [4.78, 5) is 28.4. The average Bonchev–Trinajstić information content (AvgIpc) is 3.05. The Labute approximate surface area is 179 Å². The predicted octanol–water partition coefficient (Wildman–Crippen LogP) is 2.71. The molecule has 2 aliphatic heterocycles. The lowest BCUT2D eigenvalue weighted by Gasteiger charge is -2.23. The fourth-order valence-corrected chi connectivity index (χ4v) is 6.05. The van der Waals surface area contributed by atoms with Gasteiger partial charge in [-0.05, 0) is 36.8 Å². The highest BCUT2D eigenvalue weighted by Gasteiger charge is 2.40. The Kier molecular flexibility index (Phi) is 5.79. The van der Waals surface area contributed by atoms with Crippen molar-refractivity contribution in [3.8, 4) is 0 Å². The van der Waals surface area contributed by atoms with Crippen molar-refractivity contribution in [2.75, 3.05) is 30.3 Å². The van der Waals surface area contributed by atoms with E-state index in [2.05, 4.69) is 0 Å². The smallest absolute Gasteiger partial charge is 0.228 e. The molecule has 0 spiro atoms. The third-order valence-corrected chi connectivity index (χ3v) is 8.03. The third kappa shape index (κ3) is 4.32. The number of carbonyl (C=O) groups is 2. The van der Waals surface area contributed by atoms with Gasteiger partial charge in [0.2, 0.25) is 11.8 Å². The van der Waals surface area contributed by atoms with Crippen LogP contribution in [0.4, 0.5) is 14.5 Å². The summed E-state index contributed by atoms with van der Waals surface area (Å²) in [5.74, 6) is -2.39. The van der Waals surface area contributed by atoms with Crippen LogP contribution in [0.2, 0.25) is 0 Å². The number of halogens is 2. The standard InChI is InChI=1S/C22H22F2N2O4S/c23-16-5-7-17(8-6-16)26-14-15(13-21(26)27)22(28)25-10-9-20(31(29,30)12-11-25)18-3-1-2-4-19(18)24/h1-8,15,20H,9-14H2. The van der Waals surface area contributed by atoms with Crippen LogP contribution in [0.25, 0.3) is 0 Å². The molecule has 31 heavy (non-hydrogen) atoms. The molecular formula is C22H22F2N2O4S. The van der Waals surface area contributed by atoms with Crippen LogP contribution in [0.15, 0.2) is 48.5 Å². The Hall–Kier alpha value is -2.81. The van der Waals surface area contributed by atoms with Gasteiger partial charge in [0, 0.05) is 37.3 Å². The minimum atomic E-state index is -3.64. The molecule has 4 rings (SSSR count). The van der Waals surface area contributed by atoms with E-state index in [1.165, 1.54) is 52.3 Å². The summed E-state index contributed by atoms with van der Waals surface area (Å²) >= 11 is 0. The molecule has 2 aromatic rings. The van der Waals surface area contributed by atoms with Gasteiger partial charge in [0.25, 0.3) is 0 Å². The van der Waals surface area contributed by atoms with Crippen molar-refractivity contribution < 1.29 is 26.8 Å². The van der Waals surface area contributed by atoms with E-state index in [0.29, 0.717) is 5.69 Å². The lowest BCUT2D eigenvalue weighted by Crippen LogP contribution is -2.39. The molecule has 0 aromatic heterocycles. The van der Waals surface area contributed by atoms with Crippen LogP contribution in [0, 0.1) is 17.6 Å². The van der Waals surface area contributed by atoms with Crippen LogP contribution in [-0.2, 0) is 19.4 Å². The van der Waals surface area contributed by atoms with Crippen LogP contribution in [0.1, 0.15) is 23.7 Å². The maximum Gasteiger partial charge on any atom is 0.228 e. The van der Waals surface area contributed by atoms with E-state index in [4.69, 9.17) is 0 Å². The third-order valence-electron chi connectivity index (χ3n) is 5.92. The summed E-state index contributed by atoms with van der Waals surface area (Å²) in [7, 11) is -3.64. The van der Waals surface area contributed by atoms with Crippen LogP contribution < -0.4 is 4.90 Å². The van der Waals surface area contributed by atoms with Crippen molar-refractivity contribution >= 4 is 27.3 Å². The lowest BCUT2D eigenvalue weighted by atomic mass is 10.1. The van der Waals surface area contributed by atoms with E-state index >= 15 is 0 Å². The SMILES string of the molecule is O=C(C1CC(=O)N(c2ccc(F)cc2)C1)N1CCC(c2ccccc2F)S(=O)(=O)CC1. The predicted molar refractivity (Wildman–Crippen MR) is 111 cm³/mol. The number of anilines is 1. The first-order chi connectivity index (χ1) is 14.8. The second-order valence-electron chi connectivity index (χ2n) is 7.87. The van der Waals surface area contributed by atoms with Crippen molar-refractivity contribution in [1.82, 2.24) is 4.90 Å². The van der Waals surface area contributed by atoms with Crippen molar-refractivity contribution in [2.45, 2.75) is 18.1 Å². The summed E-state index contributed by atoms with van der Waals surface area (Å²) in [5, 5.41) is -1.01. The second-order valence-corrected chi connectivity index (χ2v) is 10.2. The van der Waals surface area contributed by atoms with Gasteiger partial charge < -0.3 is 9.80 Å². The number of carbonyl (C=O) groups excluding carboxylic acids is 2. The number of benzene rings is 2. The second kappa shape index (κ2) is 8.37. The van der Waals surface area contributed by atoms with Crippen molar-refractivity contribution in [3.63, 3.8) is 0 Å². The quantitative estimate of drug-likeness (QED) is 0.724. The first-order valence-corrected chi connectivity index (χ1v) is 11.8. The van der Waals surface area contributed by atoms with Gasteiger partial charge in [-0.25, -0.2) is 17.2 Å². The molecule has 6 nitrogen and oxygen atoms in total. The van der Waals surface area contributed by atoms with E-state index in [9.17, 15) is 26.8 Å². The zero-order valence-corrected chi connectivity index (χ0v) is 17.5. The van der Waals surface area contributed by atoms with Gasteiger partial charge in [-0.15, -0.1) is 0 Å². The Morgan fingerprint density at radius 3 is 2.42 bits per heavy atom. The highest BCUT2D eigenvalue weighted by atomic mass is 32.2. The number of hydrogen-bond acceptors (Lipinski definition) is 4. The number of rotatable bonds is 3. The minimum absolute atomic E-state index is 0.00730. The molecular weight excluding hydrogens is 426 g/mol. The molecule has 2 unspecified atom stereocenters. The molecule has 0 aliphatic carbocycles. The van der Waals surface area contributed by atoms with Gasteiger partial charge in [0.15, 0.2) is 9.84 Å². The number of hydrogen-bond donors (Lipinski definition) is 0. The molecule has 9 heteroatoms. The highest BCUT2D eigenvalue weighted by molar-refractivity contribution is 7.91. The summed E-state index contributed by atoms with van der Waals surface area (Å²) in [5.41, 5.74) is 0.634. The van der Waals surface area contributed by atoms with E-state index in [0.717, 1.165) is 0 Å². The molecule has 164 valence electrons. The van der Waals surface area contributed by atoms with Gasteiger partial charge in [-0.1, -0.05) is 18.2 Å². The summed E-state index contributed by atoms with van der Waals surface area (Å²) in [6.45, 7) is 0.328. The van der Waals surface area contributed by atoms with Crippen molar-refractivity contribution in [1.29, 1.82) is 0 Å². The summed E-state index contributed by atoms with van der Waals surface area (Å²) in [6, 6.07) is 11.3. The minimum Gasteiger partial charge on any atom is -0.341 e. The number of nitrogens with zero attached hydrogens (tertiary/aromatic N) is 2. The zero-order valence-electron chi connectivity index (χ0n) is 16.7. The largest absolute Gasteiger partial charge is 0.341 e. The Bertz CT molecular complexity index is 1100. The molecule has 0 bridgehead atoms. The Balaban J connectivity index is 1.48. The summed E-state index contributed by atoms with van der Waals surface area (Å²) < 4.78 is 52.9. The average molecular weight is 448 g/mol. The molecule has 2 amide bonds. The topological polar surface area (TPSA) is 74.8 Å². The maximum atomic E-state index is 14.2. The normalized spacial score (nSPS) is 23.6. The molecule has 0 saturated carbocycles. The van der Waals surface area contributed by atoms with Crippen LogP contribution in [0.5, 0.6) is 0 Å². The molecule has 2 saturated heterocycles. The maximum absolute atomic E-state index is 14.2. The van der Waals surface area contributed by atoms with Crippen molar-refractivity contribution in [2.24, 2.45) is 5.92 Å². The number of sulfone groups is 1. The number of amides is 2. The van der Waals surface area contributed by atoms with E-state index < -0.39 is 32.6 Å². The van der Waals surface area contributed by atoms with Gasteiger partial charge >= 0.3 is 0 Å². The molecule has 2 heterocycles. The lowest BCUT2D eigenvalue weighted by molar-refractivity contribution is -0.135. The summed E-state index contributed by atoms with van der Waals surface area (Å²) in [6.07, 6.45) is 0.105. The zero-order chi connectivity index (χ0) is 22.2. The van der Waals surface area contributed by atoms with Gasteiger partial charge in [-0.2, -0.15) is 0 Å².